The van der Waals surface area contributed by atoms with Gasteiger partial charge < -0.3 is 14.8 Å². The van der Waals surface area contributed by atoms with Crippen molar-refractivity contribution in [2.75, 3.05) is 23.9 Å². The molecule has 0 bridgehead atoms. The molecular weight excluding hydrogens is 440 g/mol. The van der Waals surface area contributed by atoms with Crippen LogP contribution in [0.1, 0.15) is 5.56 Å². The number of nitrogens with zero attached hydrogens (tertiary/aromatic N) is 1. The molecule has 0 spiro atoms. The Balaban J connectivity index is 1.56. The highest BCUT2D eigenvalue weighted by molar-refractivity contribution is 8.19. The summed E-state index contributed by atoms with van der Waals surface area (Å²) < 4.78 is 11.2. The van der Waals surface area contributed by atoms with Crippen LogP contribution < -0.4 is 19.7 Å². The molecule has 33 heavy (non-hydrogen) atoms. The molecule has 1 aliphatic heterocycles. The van der Waals surface area contributed by atoms with Gasteiger partial charge in [0.1, 0.15) is 0 Å². The minimum atomic E-state index is -0.424. The predicted molar refractivity (Wildman–Crippen MR) is 128 cm³/mol. The van der Waals surface area contributed by atoms with Gasteiger partial charge in [0.25, 0.3) is 17.1 Å². The maximum absolute atomic E-state index is 12.9. The van der Waals surface area contributed by atoms with Crippen LogP contribution in [-0.4, -0.2) is 30.8 Å². The number of benzene rings is 3. The number of methoxy groups -OCH3 is 1. The van der Waals surface area contributed by atoms with Crippen LogP contribution in [0.2, 0.25) is 0 Å². The first-order valence-electron chi connectivity index (χ1n) is 10.0. The van der Waals surface area contributed by atoms with Crippen molar-refractivity contribution in [2.45, 2.75) is 0 Å². The molecule has 0 saturated carbocycles. The maximum atomic E-state index is 12.9. The van der Waals surface area contributed by atoms with E-state index in [1.165, 1.54) is 7.11 Å². The Morgan fingerprint density at radius 1 is 0.970 bits per heavy atom. The summed E-state index contributed by atoms with van der Waals surface area (Å²) in [5, 5.41) is 2.37. The van der Waals surface area contributed by atoms with E-state index in [9.17, 15) is 14.4 Å². The van der Waals surface area contributed by atoms with E-state index in [0.717, 1.165) is 16.7 Å². The number of carbonyl (C=O) groups excluding carboxylic acids is 3. The Kier molecular flexibility index (Phi) is 6.75. The number of ether oxygens (including phenoxy) is 2. The number of carbonyl (C=O) groups is 3. The lowest BCUT2D eigenvalue weighted by atomic mass is 10.1. The lowest BCUT2D eigenvalue weighted by Crippen LogP contribution is -2.27. The largest absolute Gasteiger partial charge is 0.493 e. The molecular formula is C25H20N2O5S. The van der Waals surface area contributed by atoms with Crippen molar-refractivity contribution in [3.8, 4) is 11.5 Å². The standard InChI is InChI=1S/C25H20N2O5S/c1-31-20-14-8-9-17(23(20)32-16-22(28)26-18-10-4-2-5-11-18)15-21-24(29)27(25(30)33-21)19-12-6-3-7-13-19/h2-15H,16H2,1H3,(H,26,28)/b21-15+. The van der Waals surface area contributed by atoms with Gasteiger partial charge in [-0.05, 0) is 48.2 Å². The van der Waals surface area contributed by atoms with Crippen molar-refractivity contribution < 1.29 is 23.9 Å². The summed E-state index contributed by atoms with van der Waals surface area (Å²) in [4.78, 5) is 39.1. The van der Waals surface area contributed by atoms with Crippen molar-refractivity contribution in [3.63, 3.8) is 0 Å². The van der Waals surface area contributed by atoms with Gasteiger partial charge in [-0.3, -0.25) is 14.4 Å². The fourth-order valence-electron chi connectivity index (χ4n) is 3.23. The van der Waals surface area contributed by atoms with Gasteiger partial charge in [0.2, 0.25) is 0 Å². The second-order valence-electron chi connectivity index (χ2n) is 6.93. The summed E-state index contributed by atoms with van der Waals surface area (Å²) in [6.45, 7) is -0.262. The average molecular weight is 461 g/mol. The third-order valence-corrected chi connectivity index (χ3v) is 5.60. The van der Waals surface area contributed by atoms with Gasteiger partial charge in [-0.2, -0.15) is 0 Å². The van der Waals surface area contributed by atoms with E-state index in [-0.39, 0.29) is 22.7 Å². The van der Waals surface area contributed by atoms with E-state index in [1.807, 2.05) is 24.3 Å². The lowest BCUT2D eigenvalue weighted by Gasteiger charge is -2.14. The van der Waals surface area contributed by atoms with Crippen LogP contribution in [-0.2, 0) is 9.59 Å². The fourth-order valence-corrected chi connectivity index (χ4v) is 4.06. The van der Waals surface area contributed by atoms with Crippen LogP contribution in [0.5, 0.6) is 11.5 Å². The Hall–Kier alpha value is -4.04. The number of imide groups is 1. The number of hydrogen-bond donors (Lipinski definition) is 1. The van der Waals surface area contributed by atoms with Crippen molar-refractivity contribution >= 4 is 46.3 Å². The van der Waals surface area contributed by atoms with Crippen molar-refractivity contribution in [1.82, 2.24) is 0 Å². The minimum Gasteiger partial charge on any atom is -0.493 e. The molecule has 3 aromatic rings. The quantitative estimate of drug-likeness (QED) is 0.502. The third-order valence-electron chi connectivity index (χ3n) is 4.73. The highest BCUT2D eigenvalue weighted by Gasteiger charge is 2.36. The zero-order valence-electron chi connectivity index (χ0n) is 17.7. The van der Waals surface area contributed by atoms with Crippen LogP contribution >= 0.6 is 11.8 Å². The molecule has 0 aromatic heterocycles. The van der Waals surface area contributed by atoms with E-state index < -0.39 is 5.91 Å². The minimum absolute atomic E-state index is 0.246. The zero-order chi connectivity index (χ0) is 23.2. The van der Waals surface area contributed by atoms with E-state index in [4.69, 9.17) is 9.47 Å². The molecule has 8 heteroatoms. The second kappa shape index (κ2) is 10.1. The van der Waals surface area contributed by atoms with Crippen LogP contribution in [0.15, 0.2) is 83.8 Å². The Bertz CT molecular complexity index is 1210. The van der Waals surface area contributed by atoms with E-state index in [2.05, 4.69) is 5.32 Å². The predicted octanol–water partition coefficient (Wildman–Crippen LogP) is 4.95. The molecule has 0 unspecified atom stereocenters. The smallest absolute Gasteiger partial charge is 0.298 e. The third kappa shape index (κ3) is 5.07. The number of rotatable bonds is 7. The Morgan fingerprint density at radius 2 is 1.67 bits per heavy atom. The average Bonchev–Trinajstić information content (AvgIpc) is 3.11. The number of hydrogen-bond acceptors (Lipinski definition) is 6. The van der Waals surface area contributed by atoms with Gasteiger partial charge in [-0.1, -0.05) is 48.5 Å². The number of amides is 3. The van der Waals surface area contributed by atoms with Crippen molar-refractivity contribution in [2.24, 2.45) is 0 Å². The van der Waals surface area contributed by atoms with Gasteiger partial charge in [0.15, 0.2) is 18.1 Å². The monoisotopic (exact) mass is 460 g/mol. The van der Waals surface area contributed by atoms with Gasteiger partial charge >= 0.3 is 0 Å². The normalized spacial score (nSPS) is 14.5. The number of thioether (sulfide) groups is 1. The lowest BCUT2D eigenvalue weighted by molar-refractivity contribution is -0.118. The zero-order valence-corrected chi connectivity index (χ0v) is 18.5. The summed E-state index contributed by atoms with van der Waals surface area (Å²) in [7, 11) is 1.49. The molecule has 1 heterocycles. The number of nitrogens with one attached hydrogen (secondary N) is 1. The molecule has 0 radical (unpaired) electrons. The first kappa shape index (κ1) is 22.2. The van der Waals surface area contributed by atoms with Gasteiger partial charge in [0, 0.05) is 11.3 Å². The first-order chi connectivity index (χ1) is 16.1. The highest BCUT2D eigenvalue weighted by Crippen LogP contribution is 2.39. The summed E-state index contributed by atoms with van der Waals surface area (Å²) in [6, 6.07) is 22.9. The van der Waals surface area contributed by atoms with Crippen LogP contribution in [0, 0.1) is 0 Å². The molecule has 1 aliphatic rings. The summed E-state index contributed by atoms with van der Waals surface area (Å²) in [6.07, 6.45) is 1.57. The molecule has 1 saturated heterocycles. The summed E-state index contributed by atoms with van der Waals surface area (Å²) in [5.74, 6) is -0.0671. The molecule has 3 aromatic carbocycles. The second-order valence-corrected chi connectivity index (χ2v) is 7.93. The Morgan fingerprint density at radius 3 is 2.36 bits per heavy atom. The fraction of sp³-hybridized carbons (Fsp3) is 0.0800. The number of anilines is 2. The van der Waals surface area contributed by atoms with Crippen molar-refractivity contribution in [1.29, 1.82) is 0 Å². The molecule has 0 aliphatic carbocycles. The Labute approximate surface area is 195 Å². The van der Waals surface area contributed by atoms with Gasteiger partial charge in [-0.15, -0.1) is 0 Å². The van der Waals surface area contributed by atoms with E-state index >= 15 is 0 Å². The molecule has 3 amide bonds. The van der Waals surface area contributed by atoms with Crippen LogP contribution in [0.3, 0.4) is 0 Å². The summed E-state index contributed by atoms with van der Waals surface area (Å²) >= 11 is 0.843. The summed E-state index contributed by atoms with van der Waals surface area (Å²) in [5.41, 5.74) is 1.67. The number of para-hydroxylation sites is 3. The molecule has 7 nitrogen and oxygen atoms in total. The van der Waals surface area contributed by atoms with E-state index in [1.54, 1.807) is 60.7 Å². The molecule has 1 N–H and O–H groups in total. The van der Waals surface area contributed by atoms with Crippen LogP contribution in [0.25, 0.3) is 6.08 Å². The van der Waals surface area contributed by atoms with Gasteiger partial charge in [0.05, 0.1) is 17.7 Å². The van der Waals surface area contributed by atoms with E-state index in [0.29, 0.717) is 28.4 Å². The van der Waals surface area contributed by atoms with Gasteiger partial charge in [-0.25, -0.2) is 4.90 Å². The van der Waals surface area contributed by atoms with Crippen molar-refractivity contribution in [3.05, 3.63) is 89.3 Å². The topological polar surface area (TPSA) is 84.9 Å². The molecule has 0 atom stereocenters. The maximum Gasteiger partial charge on any atom is 0.298 e. The highest BCUT2D eigenvalue weighted by atomic mass is 32.2. The van der Waals surface area contributed by atoms with Crippen LogP contribution in [0.4, 0.5) is 16.2 Å². The molecule has 4 rings (SSSR count). The molecule has 166 valence electrons. The molecule has 1 fully saturated rings. The first-order valence-corrected chi connectivity index (χ1v) is 10.9. The SMILES string of the molecule is COc1cccc(/C=C2/SC(=O)N(c3ccccc3)C2=O)c1OCC(=O)Nc1ccccc1.